The number of aromatic nitrogens is 2. The smallest absolute Gasteiger partial charge is 0.223 e. The third kappa shape index (κ3) is 2.73. The number of aryl methyl sites for hydroxylation is 2. The first kappa shape index (κ1) is 12.5. The molecule has 0 unspecified atom stereocenters. The molecule has 0 aliphatic heterocycles. The Labute approximate surface area is 95.5 Å². The van der Waals surface area contributed by atoms with Crippen LogP contribution in [0.2, 0.25) is 0 Å². The molecule has 1 rings (SSSR count). The molecular formula is C10H19N5O. The molecular weight excluding hydrogens is 206 g/mol. The van der Waals surface area contributed by atoms with Gasteiger partial charge >= 0.3 is 0 Å². The lowest BCUT2D eigenvalue weighted by atomic mass is 10.2. The number of hydrogen-bond acceptors (Lipinski definition) is 4. The molecule has 0 aliphatic carbocycles. The van der Waals surface area contributed by atoms with Crippen LogP contribution < -0.4 is 10.5 Å². The molecule has 1 aromatic heterocycles. The molecule has 0 amide bonds. The monoisotopic (exact) mass is 225 g/mol. The highest BCUT2D eigenvalue weighted by atomic mass is 16.5. The Hall–Kier alpha value is -1.56. The van der Waals surface area contributed by atoms with E-state index in [4.69, 9.17) is 15.9 Å². The second-order valence-electron chi connectivity index (χ2n) is 3.95. The molecule has 90 valence electrons. The summed E-state index contributed by atoms with van der Waals surface area (Å²) >= 11 is 0. The quantitative estimate of drug-likeness (QED) is 0.544. The lowest BCUT2D eigenvalue weighted by Gasteiger charge is -2.12. The number of ether oxygens (including phenoxy) is 1. The zero-order valence-corrected chi connectivity index (χ0v) is 10.2. The van der Waals surface area contributed by atoms with Crippen molar-refractivity contribution in [3.8, 4) is 5.88 Å². The molecule has 6 heteroatoms. The van der Waals surface area contributed by atoms with Gasteiger partial charge in [0.1, 0.15) is 18.0 Å². The molecule has 0 fully saturated rings. The van der Waals surface area contributed by atoms with Crippen LogP contribution >= 0.6 is 0 Å². The number of nitrogens with two attached hydrogens (primary N) is 1. The van der Waals surface area contributed by atoms with E-state index in [0.717, 1.165) is 12.2 Å². The van der Waals surface area contributed by atoms with Gasteiger partial charge in [-0.25, -0.2) is 4.68 Å². The van der Waals surface area contributed by atoms with Crippen molar-refractivity contribution in [3.63, 3.8) is 0 Å². The lowest BCUT2D eigenvalue weighted by molar-refractivity contribution is 0.244. The SMILES string of the molecule is Cc1nn(C)c(OCCN(C)C)c1C(=N)N. The topological polar surface area (TPSA) is 80.2 Å². The Bertz CT molecular complexity index is 383. The third-order valence-corrected chi connectivity index (χ3v) is 2.22. The van der Waals surface area contributed by atoms with Gasteiger partial charge in [0.05, 0.1) is 5.69 Å². The minimum atomic E-state index is -0.00884. The summed E-state index contributed by atoms with van der Waals surface area (Å²) in [6, 6.07) is 0. The second-order valence-corrected chi connectivity index (χ2v) is 3.95. The number of nitrogen functional groups attached to an aromatic ring is 1. The summed E-state index contributed by atoms with van der Waals surface area (Å²) < 4.78 is 7.21. The highest BCUT2D eigenvalue weighted by Gasteiger charge is 2.16. The van der Waals surface area contributed by atoms with Gasteiger partial charge in [0.25, 0.3) is 0 Å². The fraction of sp³-hybridized carbons (Fsp3) is 0.600. The van der Waals surface area contributed by atoms with E-state index >= 15 is 0 Å². The van der Waals surface area contributed by atoms with E-state index in [1.54, 1.807) is 11.7 Å². The Balaban J connectivity index is 2.82. The molecule has 6 nitrogen and oxygen atoms in total. The summed E-state index contributed by atoms with van der Waals surface area (Å²) in [5.41, 5.74) is 6.80. The summed E-state index contributed by atoms with van der Waals surface area (Å²) in [5, 5.41) is 11.7. The minimum Gasteiger partial charge on any atom is -0.476 e. The highest BCUT2D eigenvalue weighted by molar-refractivity contribution is 5.98. The van der Waals surface area contributed by atoms with E-state index < -0.39 is 0 Å². The number of nitrogens with one attached hydrogen (secondary N) is 1. The van der Waals surface area contributed by atoms with Crippen LogP contribution in [0, 0.1) is 12.3 Å². The van der Waals surface area contributed by atoms with Crippen LogP contribution in [0.4, 0.5) is 0 Å². The van der Waals surface area contributed by atoms with Crippen molar-refractivity contribution in [1.29, 1.82) is 5.41 Å². The average Bonchev–Trinajstić information content (AvgIpc) is 2.40. The molecule has 0 spiro atoms. The summed E-state index contributed by atoms with van der Waals surface area (Å²) in [7, 11) is 5.73. The van der Waals surface area contributed by atoms with Crippen LogP contribution in [0.15, 0.2) is 0 Å². The fourth-order valence-electron chi connectivity index (χ4n) is 1.44. The van der Waals surface area contributed by atoms with Gasteiger partial charge in [0.2, 0.25) is 5.88 Å². The maximum absolute atomic E-state index is 7.48. The molecule has 16 heavy (non-hydrogen) atoms. The van der Waals surface area contributed by atoms with E-state index in [1.165, 1.54) is 0 Å². The van der Waals surface area contributed by atoms with Gasteiger partial charge in [-0.3, -0.25) is 5.41 Å². The van der Waals surface area contributed by atoms with Gasteiger partial charge in [-0.1, -0.05) is 0 Å². The Morgan fingerprint density at radius 3 is 2.69 bits per heavy atom. The zero-order valence-electron chi connectivity index (χ0n) is 10.2. The molecule has 0 aromatic carbocycles. The van der Waals surface area contributed by atoms with E-state index in [0.29, 0.717) is 18.1 Å². The van der Waals surface area contributed by atoms with E-state index in [1.807, 2.05) is 25.9 Å². The summed E-state index contributed by atoms with van der Waals surface area (Å²) in [6.45, 7) is 3.17. The number of nitrogens with zero attached hydrogens (tertiary/aromatic N) is 3. The first-order valence-electron chi connectivity index (χ1n) is 5.09. The molecule has 1 aromatic rings. The van der Waals surface area contributed by atoms with Gasteiger partial charge in [0, 0.05) is 13.6 Å². The van der Waals surface area contributed by atoms with Crippen LogP contribution in [0.1, 0.15) is 11.3 Å². The van der Waals surface area contributed by atoms with Crippen molar-refractivity contribution in [2.24, 2.45) is 12.8 Å². The zero-order chi connectivity index (χ0) is 12.3. The van der Waals surface area contributed by atoms with Gasteiger partial charge < -0.3 is 15.4 Å². The largest absolute Gasteiger partial charge is 0.476 e. The van der Waals surface area contributed by atoms with Crippen molar-refractivity contribution in [2.75, 3.05) is 27.2 Å². The normalized spacial score (nSPS) is 10.8. The van der Waals surface area contributed by atoms with Crippen LogP contribution in [0.5, 0.6) is 5.88 Å². The van der Waals surface area contributed by atoms with E-state index in [-0.39, 0.29) is 5.84 Å². The van der Waals surface area contributed by atoms with Gasteiger partial charge in [-0.05, 0) is 21.0 Å². The first-order chi connectivity index (χ1) is 7.43. The van der Waals surface area contributed by atoms with Crippen LogP contribution in [0.25, 0.3) is 0 Å². The number of rotatable bonds is 5. The fourth-order valence-corrected chi connectivity index (χ4v) is 1.44. The second kappa shape index (κ2) is 4.98. The first-order valence-corrected chi connectivity index (χ1v) is 5.09. The van der Waals surface area contributed by atoms with Gasteiger partial charge in [0.15, 0.2) is 0 Å². The molecule has 0 aliphatic rings. The van der Waals surface area contributed by atoms with Crippen molar-refractivity contribution >= 4 is 5.84 Å². The molecule has 0 saturated carbocycles. The van der Waals surface area contributed by atoms with Crippen LogP contribution in [0.3, 0.4) is 0 Å². The maximum atomic E-state index is 7.48. The summed E-state index contributed by atoms with van der Waals surface area (Å²) in [6.07, 6.45) is 0. The van der Waals surface area contributed by atoms with E-state index in [2.05, 4.69) is 5.10 Å². The predicted molar refractivity (Wildman–Crippen MR) is 63.0 cm³/mol. The molecule has 0 saturated heterocycles. The Morgan fingerprint density at radius 1 is 1.56 bits per heavy atom. The van der Waals surface area contributed by atoms with Gasteiger partial charge in [-0.15, -0.1) is 0 Å². The van der Waals surface area contributed by atoms with Crippen LogP contribution in [-0.4, -0.2) is 47.8 Å². The minimum absolute atomic E-state index is 0.00884. The summed E-state index contributed by atoms with van der Waals surface area (Å²) in [5.74, 6) is 0.553. The molecule has 0 radical (unpaired) electrons. The molecule has 0 atom stereocenters. The molecule has 1 heterocycles. The lowest BCUT2D eigenvalue weighted by Crippen LogP contribution is -2.21. The van der Waals surface area contributed by atoms with Crippen molar-refractivity contribution in [3.05, 3.63) is 11.3 Å². The predicted octanol–water partition coefficient (Wildman–Crippen LogP) is -0.0470. The van der Waals surface area contributed by atoms with Crippen LogP contribution in [-0.2, 0) is 7.05 Å². The molecule has 0 bridgehead atoms. The third-order valence-electron chi connectivity index (χ3n) is 2.22. The Kier molecular flexibility index (Phi) is 3.89. The van der Waals surface area contributed by atoms with Crippen molar-refractivity contribution in [2.45, 2.75) is 6.92 Å². The Morgan fingerprint density at radius 2 is 2.19 bits per heavy atom. The standard InChI is InChI=1S/C10H19N5O/c1-7-8(9(11)12)10(15(4)13-7)16-6-5-14(2)3/h5-6H2,1-4H3,(H3,11,12). The number of likely N-dealkylation sites (N-methyl/N-ethyl adjacent to an activating group) is 1. The average molecular weight is 225 g/mol. The van der Waals surface area contributed by atoms with Crippen molar-refractivity contribution < 1.29 is 4.74 Å². The van der Waals surface area contributed by atoms with Gasteiger partial charge in [-0.2, -0.15) is 5.10 Å². The molecule has 3 N–H and O–H groups in total. The maximum Gasteiger partial charge on any atom is 0.223 e. The highest BCUT2D eigenvalue weighted by Crippen LogP contribution is 2.20. The summed E-state index contributed by atoms with van der Waals surface area (Å²) in [4.78, 5) is 2.02. The van der Waals surface area contributed by atoms with E-state index in [9.17, 15) is 0 Å². The number of amidine groups is 1. The van der Waals surface area contributed by atoms with Crippen molar-refractivity contribution in [1.82, 2.24) is 14.7 Å². The number of hydrogen-bond donors (Lipinski definition) is 2.